The monoisotopic (exact) mass is 362 g/mol. The number of ketones is 1. The van der Waals surface area contributed by atoms with Gasteiger partial charge in [-0.3, -0.25) is 4.79 Å². The van der Waals surface area contributed by atoms with Crippen LogP contribution >= 0.6 is 0 Å². The molecule has 0 saturated heterocycles. The highest BCUT2D eigenvalue weighted by atomic mass is 16.3. The number of rotatable bonds is 1. The molecule has 0 unspecified atom stereocenters. The van der Waals surface area contributed by atoms with Crippen molar-refractivity contribution in [3.05, 3.63) is 76.3 Å². The summed E-state index contributed by atoms with van der Waals surface area (Å²) in [6, 6.07) is 12.1. The van der Waals surface area contributed by atoms with Crippen LogP contribution in [0, 0.1) is 0 Å². The molecule has 5 N–H and O–H groups in total. The van der Waals surface area contributed by atoms with Crippen molar-refractivity contribution >= 4 is 17.4 Å². The highest BCUT2D eigenvalue weighted by Gasteiger charge is 2.30. The molecule has 1 aliphatic carbocycles. The van der Waals surface area contributed by atoms with Crippen molar-refractivity contribution in [2.45, 2.75) is 0 Å². The molecule has 134 valence electrons. The molecule has 6 heteroatoms. The van der Waals surface area contributed by atoms with E-state index in [9.17, 15) is 30.3 Å². The van der Waals surface area contributed by atoms with E-state index in [1.54, 1.807) is 30.3 Å². The van der Waals surface area contributed by atoms with E-state index in [0.717, 1.165) is 0 Å². The molecule has 1 aliphatic rings. The fourth-order valence-corrected chi connectivity index (χ4v) is 3.26. The molecule has 0 bridgehead atoms. The molecule has 0 amide bonds. The Hall–Kier alpha value is -3.93. The number of phenols is 5. The van der Waals surface area contributed by atoms with Crippen LogP contribution in [0.15, 0.2) is 48.5 Å². The van der Waals surface area contributed by atoms with Gasteiger partial charge in [-0.2, -0.15) is 0 Å². The predicted octanol–water partition coefficient (Wildman–Crippen LogP) is 3.35. The van der Waals surface area contributed by atoms with Gasteiger partial charge in [-0.05, 0) is 52.6 Å². The summed E-state index contributed by atoms with van der Waals surface area (Å²) >= 11 is 0. The average molecular weight is 362 g/mol. The van der Waals surface area contributed by atoms with Crippen LogP contribution in [-0.2, 0) is 0 Å². The van der Waals surface area contributed by atoms with E-state index >= 15 is 0 Å². The van der Waals surface area contributed by atoms with Gasteiger partial charge in [-0.15, -0.1) is 0 Å². The van der Waals surface area contributed by atoms with Gasteiger partial charge in [-0.1, -0.05) is 24.3 Å². The van der Waals surface area contributed by atoms with Crippen LogP contribution in [0.2, 0.25) is 0 Å². The Balaban J connectivity index is 2.03. The smallest absolute Gasteiger partial charge is 0.200 e. The molecule has 0 aliphatic heterocycles. The van der Waals surface area contributed by atoms with Gasteiger partial charge >= 0.3 is 0 Å². The van der Waals surface area contributed by atoms with Crippen molar-refractivity contribution in [1.29, 1.82) is 0 Å². The zero-order chi connectivity index (χ0) is 19.3. The maximum Gasteiger partial charge on any atom is 0.200 e. The molecule has 0 fully saturated rings. The molecular formula is C21H14O6. The molecule has 0 aromatic heterocycles. The summed E-state index contributed by atoms with van der Waals surface area (Å²) in [7, 11) is 0. The van der Waals surface area contributed by atoms with Crippen molar-refractivity contribution in [2.75, 3.05) is 0 Å². The van der Waals surface area contributed by atoms with E-state index in [1.807, 2.05) is 0 Å². The van der Waals surface area contributed by atoms with E-state index in [1.165, 1.54) is 24.3 Å². The lowest BCUT2D eigenvalue weighted by Crippen LogP contribution is -2.14. The lowest BCUT2D eigenvalue weighted by molar-refractivity contribution is 0.103. The molecular weight excluding hydrogens is 348 g/mol. The molecule has 0 radical (unpaired) electrons. The number of fused-ring (bicyclic) bond motifs is 2. The van der Waals surface area contributed by atoms with Crippen LogP contribution in [-0.4, -0.2) is 31.3 Å². The number of hydrogen-bond donors (Lipinski definition) is 5. The Bertz CT molecular complexity index is 1120. The highest BCUT2D eigenvalue weighted by Crippen LogP contribution is 2.44. The summed E-state index contributed by atoms with van der Waals surface area (Å²) in [4.78, 5) is 12.8. The minimum absolute atomic E-state index is 0.0211. The first kappa shape index (κ1) is 16.5. The van der Waals surface area contributed by atoms with Gasteiger partial charge in [0, 0.05) is 5.56 Å². The van der Waals surface area contributed by atoms with Crippen molar-refractivity contribution in [2.24, 2.45) is 0 Å². The first-order chi connectivity index (χ1) is 12.9. The molecule has 27 heavy (non-hydrogen) atoms. The second kappa shape index (κ2) is 5.81. The summed E-state index contributed by atoms with van der Waals surface area (Å²) in [5.74, 6) is -2.93. The van der Waals surface area contributed by atoms with Gasteiger partial charge in [0.2, 0.25) is 0 Å². The second-order valence-electron chi connectivity index (χ2n) is 6.20. The Labute approximate surface area is 153 Å². The van der Waals surface area contributed by atoms with Crippen LogP contribution in [0.4, 0.5) is 0 Å². The second-order valence-corrected chi connectivity index (χ2v) is 6.20. The summed E-state index contributed by atoms with van der Waals surface area (Å²) in [6.07, 6.45) is 1.61. The molecule has 3 aromatic carbocycles. The Morgan fingerprint density at radius 3 is 1.96 bits per heavy atom. The largest absolute Gasteiger partial charge is 0.504 e. The van der Waals surface area contributed by atoms with Gasteiger partial charge in [0.1, 0.15) is 0 Å². The lowest BCUT2D eigenvalue weighted by atomic mass is 9.80. The molecule has 0 spiro atoms. The van der Waals surface area contributed by atoms with E-state index in [-0.39, 0.29) is 5.56 Å². The molecule has 3 aromatic rings. The van der Waals surface area contributed by atoms with Crippen molar-refractivity contribution < 1.29 is 30.3 Å². The topological polar surface area (TPSA) is 118 Å². The number of carbonyl (C=O) groups is 1. The Morgan fingerprint density at radius 2 is 1.30 bits per heavy atom. The minimum atomic E-state index is -0.626. The van der Waals surface area contributed by atoms with Crippen molar-refractivity contribution in [3.63, 3.8) is 0 Å². The van der Waals surface area contributed by atoms with Crippen LogP contribution in [0.1, 0.15) is 32.6 Å². The zero-order valence-corrected chi connectivity index (χ0v) is 13.8. The summed E-state index contributed by atoms with van der Waals surface area (Å²) in [6.45, 7) is 0. The van der Waals surface area contributed by atoms with Crippen LogP contribution in [0.5, 0.6) is 28.7 Å². The van der Waals surface area contributed by atoms with E-state index in [4.69, 9.17) is 0 Å². The fourth-order valence-electron chi connectivity index (χ4n) is 3.26. The zero-order valence-electron chi connectivity index (χ0n) is 13.8. The van der Waals surface area contributed by atoms with Gasteiger partial charge < -0.3 is 25.5 Å². The molecule has 0 heterocycles. The summed E-state index contributed by atoms with van der Waals surface area (Å²) < 4.78 is 0. The quantitative estimate of drug-likeness (QED) is 0.331. The van der Waals surface area contributed by atoms with E-state index < -0.39 is 34.5 Å². The Morgan fingerprint density at radius 1 is 0.667 bits per heavy atom. The number of phenolic OH excluding ortho intramolecular Hbond substituents is 5. The first-order valence-electron chi connectivity index (χ1n) is 8.04. The van der Waals surface area contributed by atoms with Crippen LogP contribution < -0.4 is 0 Å². The maximum absolute atomic E-state index is 12.8. The lowest BCUT2D eigenvalue weighted by Gasteiger charge is -2.23. The molecule has 0 saturated carbocycles. The number of aromatic hydroxyl groups is 5. The van der Waals surface area contributed by atoms with Crippen LogP contribution in [0.3, 0.4) is 0 Å². The van der Waals surface area contributed by atoms with Gasteiger partial charge in [0.15, 0.2) is 34.5 Å². The third-order valence-corrected chi connectivity index (χ3v) is 4.54. The summed E-state index contributed by atoms with van der Waals surface area (Å²) in [5, 5.41) is 49.1. The number of carbonyl (C=O) groups excluding carboxylic acids is 1. The maximum atomic E-state index is 12.8. The average Bonchev–Trinajstić information content (AvgIpc) is 2.65. The number of benzene rings is 3. The standard InChI is InChI=1S/C21H14O6/c22-15-6-5-12-14(7-10-8-16(23)20(26)17(24)9-10)11-3-1-2-4-13(11)19(25)18(12)21(15)27/h1-9,22-24,26-27H/b14-7+. The van der Waals surface area contributed by atoms with Crippen LogP contribution in [0.25, 0.3) is 11.6 Å². The Kier molecular flexibility index (Phi) is 3.56. The minimum Gasteiger partial charge on any atom is -0.504 e. The van der Waals surface area contributed by atoms with E-state index in [2.05, 4.69) is 0 Å². The van der Waals surface area contributed by atoms with Gasteiger partial charge in [0.25, 0.3) is 0 Å². The van der Waals surface area contributed by atoms with Crippen molar-refractivity contribution in [1.82, 2.24) is 0 Å². The SMILES string of the molecule is O=C1c2ccccc2/C(=C\c2cc(O)c(O)c(O)c2)c2ccc(O)c(O)c21. The predicted molar refractivity (Wildman–Crippen MR) is 98.1 cm³/mol. The van der Waals surface area contributed by atoms with E-state index in [0.29, 0.717) is 27.8 Å². The number of hydrogen-bond acceptors (Lipinski definition) is 6. The molecule has 4 rings (SSSR count). The molecule has 6 nitrogen and oxygen atoms in total. The third kappa shape index (κ3) is 2.46. The highest BCUT2D eigenvalue weighted by molar-refractivity contribution is 6.21. The van der Waals surface area contributed by atoms with Gasteiger partial charge in [-0.25, -0.2) is 0 Å². The first-order valence-corrected chi connectivity index (χ1v) is 8.04. The molecule has 0 atom stereocenters. The normalized spacial score (nSPS) is 14.1. The third-order valence-electron chi connectivity index (χ3n) is 4.54. The summed E-state index contributed by atoms with van der Waals surface area (Å²) in [5.41, 5.74) is 2.27. The van der Waals surface area contributed by atoms with Gasteiger partial charge in [0.05, 0.1) is 5.56 Å². The van der Waals surface area contributed by atoms with Crippen molar-refractivity contribution in [3.8, 4) is 28.7 Å². The fraction of sp³-hybridized carbons (Fsp3) is 0.